The van der Waals surface area contributed by atoms with E-state index in [0.29, 0.717) is 17.8 Å². The van der Waals surface area contributed by atoms with Crippen LogP contribution in [0.3, 0.4) is 0 Å². The van der Waals surface area contributed by atoms with Crippen LogP contribution in [-0.2, 0) is 25.4 Å². The summed E-state index contributed by atoms with van der Waals surface area (Å²) in [6.45, 7) is 3.27. The van der Waals surface area contributed by atoms with Gasteiger partial charge in [0, 0.05) is 29.8 Å². The van der Waals surface area contributed by atoms with Gasteiger partial charge in [-0.25, -0.2) is 9.59 Å². The van der Waals surface area contributed by atoms with Crippen molar-refractivity contribution in [2.45, 2.75) is 20.3 Å². The quantitative estimate of drug-likeness (QED) is 0.179. The number of carbonyl (C=O) groups excluding carboxylic acids is 3. The van der Waals surface area contributed by atoms with Crippen LogP contribution in [0.2, 0.25) is 0 Å². The molecule has 3 rings (SSSR count). The van der Waals surface area contributed by atoms with E-state index in [4.69, 9.17) is 9.47 Å². The number of aryl methyl sites for hydroxylation is 2. The fourth-order valence-electron chi connectivity index (χ4n) is 3.88. The summed E-state index contributed by atoms with van der Waals surface area (Å²) in [5.74, 6) is -1.84. The molecule has 1 heterocycles. The van der Waals surface area contributed by atoms with Gasteiger partial charge in [0.2, 0.25) is 0 Å². The molecule has 0 saturated heterocycles. The van der Waals surface area contributed by atoms with E-state index in [9.17, 15) is 24.5 Å². The number of anilines is 1. The number of pyridine rings is 1. The van der Waals surface area contributed by atoms with Crippen LogP contribution in [0.25, 0.3) is 11.1 Å². The minimum Gasteiger partial charge on any atom is -0.468 e. The molecule has 0 radical (unpaired) electrons. The van der Waals surface area contributed by atoms with Crippen molar-refractivity contribution in [2.24, 2.45) is 0 Å². The molecule has 1 aromatic heterocycles. The van der Waals surface area contributed by atoms with Gasteiger partial charge in [-0.1, -0.05) is 24.3 Å². The molecule has 38 heavy (non-hydrogen) atoms. The summed E-state index contributed by atoms with van der Waals surface area (Å²) in [4.78, 5) is 52.4. The Morgan fingerprint density at radius 3 is 2.21 bits per heavy atom. The van der Waals surface area contributed by atoms with Crippen LogP contribution in [0.4, 0.5) is 11.4 Å². The van der Waals surface area contributed by atoms with Gasteiger partial charge in [-0.15, -0.1) is 0 Å². The second-order valence-corrected chi connectivity index (χ2v) is 8.22. The van der Waals surface area contributed by atoms with Gasteiger partial charge in [-0.2, -0.15) is 0 Å². The first-order valence-corrected chi connectivity index (χ1v) is 11.6. The molecule has 0 aliphatic rings. The molecule has 198 valence electrons. The summed E-state index contributed by atoms with van der Waals surface area (Å²) in [5, 5.41) is 14.3. The topological polar surface area (TPSA) is 147 Å². The van der Waals surface area contributed by atoms with Gasteiger partial charge in [-0.05, 0) is 37.1 Å². The van der Waals surface area contributed by atoms with E-state index < -0.39 is 16.9 Å². The zero-order chi connectivity index (χ0) is 27.8. The number of hydrogen-bond acceptors (Lipinski definition) is 10. The average molecular weight is 522 g/mol. The Bertz CT molecular complexity index is 1370. The number of nitro groups is 1. The normalized spacial score (nSPS) is 10.4. The number of aromatic nitrogens is 1. The molecule has 0 saturated carbocycles. The van der Waals surface area contributed by atoms with Crippen LogP contribution in [-0.4, -0.2) is 55.2 Å². The molecule has 0 atom stereocenters. The van der Waals surface area contributed by atoms with Gasteiger partial charge in [0.05, 0.1) is 48.3 Å². The molecule has 0 unspecified atom stereocenters. The lowest BCUT2D eigenvalue weighted by Gasteiger charge is -2.17. The zero-order valence-electron chi connectivity index (χ0n) is 21.4. The van der Waals surface area contributed by atoms with Crippen molar-refractivity contribution in [3.8, 4) is 11.1 Å². The number of non-ortho nitro benzene ring substituents is 1. The van der Waals surface area contributed by atoms with Gasteiger partial charge in [0.1, 0.15) is 6.54 Å². The Morgan fingerprint density at radius 1 is 0.947 bits per heavy atom. The summed E-state index contributed by atoms with van der Waals surface area (Å²) in [7, 11) is 2.51. The van der Waals surface area contributed by atoms with Crippen molar-refractivity contribution < 1.29 is 33.5 Å². The number of hydrogen-bond donors (Lipinski definition) is 1. The minimum atomic E-state index is -0.730. The van der Waals surface area contributed by atoms with Gasteiger partial charge < -0.3 is 19.5 Å². The molecule has 0 aliphatic carbocycles. The number of carbonyl (C=O) groups is 3. The number of ether oxygens (including phenoxy) is 3. The van der Waals surface area contributed by atoms with Crippen LogP contribution < -0.4 is 5.32 Å². The van der Waals surface area contributed by atoms with Crippen molar-refractivity contribution in [1.82, 2.24) is 4.98 Å². The van der Waals surface area contributed by atoms with E-state index in [2.05, 4.69) is 15.0 Å². The fraction of sp³-hybridized carbons (Fsp3) is 0.259. The highest BCUT2D eigenvalue weighted by Crippen LogP contribution is 2.34. The number of rotatable bonds is 10. The number of nitrogens with zero attached hydrogens (tertiary/aromatic N) is 2. The van der Waals surface area contributed by atoms with Crippen molar-refractivity contribution in [3.63, 3.8) is 0 Å². The monoisotopic (exact) mass is 521 g/mol. The number of methoxy groups -OCH3 is 2. The summed E-state index contributed by atoms with van der Waals surface area (Å²) in [6.07, 6.45) is 0.400. The standard InChI is InChI=1S/C27H27N3O8/c1-16-23(26(32)37-4)25(19-6-5-7-21(14-19)30(34)35)24(17(2)29-16)27(33)38-13-12-18-8-10-20(11-9-18)28-15-22(31)36-3/h5-11,14,28H,12-13,15H2,1-4H3. The van der Waals surface area contributed by atoms with Crippen LogP contribution in [0.5, 0.6) is 0 Å². The van der Waals surface area contributed by atoms with E-state index in [1.54, 1.807) is 32.0 Å². The number of benzene rings is 2. The summed E-state index contributed by atoms with van der Waals surface area (Å²) >= 11 is 0. The van der Waals surface area contributed by atoms with Crippen molar-refractivity contribution >= 4 is 29.3 Å². The SMILES string of the molecule is COC(=O)CNc1ccc(CCOC(=O)c2c(C)nc(C)c(C(=O)OC)c2-c2cccc([N+](=O)[O-])c2)cc1. The fourth-order valence-corrected chi connectivity index (χ4v) is 3.88. The largest absolute Gasteiger partial charge is 0.468 e. The number of esters is 3. The van der Waals surface area contributed by atoms with Gasteiger partial charge in [0.25, 0.3) is 5.69 Å². The van der Waals surface area contributed by atoms with E-state index in [0.717, 1.165) is 11.3 Å². The third-order valence-corrected chi connectivity index (χ3v) is 5.74. The molecule has 11 heteroatoms. The first-order chi connectivity index (χ1) is 18.2. The molecular formula is C27H27N3O8. The molecule has 2 aromatic carbocycles. The molecule has 1 N–H and O–H groups in total. The smallest absolute Gasteiger partial charge is 0.340 e. The Morgan fingerprint density at radius 2 is 1.61 bits per heavy atom. The molecule has 3 aromatic rings. The number of nitro benzene ring substituents is 1. The van der Waals surface area contributed by atoms with Crippen LogP contribution in [0.15, 0.2) is 48.5 Å². The van der Waals surface area contributed by atoms with Crippen molar-refractivity contribution in [1.29, 1.82) is 0 Å². The van der Waals surface area contributed by atoms with E-state index in [1.165, 1.54) is 32.4 Å². The van der Waals surface area contributed by atoms with Gasteiger partial charge >= 0.3 is 17.9 Å². The molecule has 0 spiro atoms. The maximum Gasteiger partial charge on any atom is 0.340 e. The van der Waals surface area contributed by atoms with Crippen LogP contribution in [0.1, 0.15) is 37.7 Å². The Labute approximate surface area is 218 Å². The number of nitrogens with one attached hydrogen (secondary N) is 1. The van der Waals surface area contributed by atoms with E-state index >= 15 is 0 Å². The van der Waals surface area contributed by atoms with Gasteiger partial charge in [0.15, 0.2) is 0 Å². The molecule has 11 nitrogen and oxygen atoms in total. The summed E-state index contributed by atoms with van der Waals surface area (Å²) < 4.78 is 15.1. The summed E-state index contributed by atoms with van der Waals surface area (Å²) in [5.41, 5.74) is 2.54. The molecule has 0 bridgehead atoms. The third kappa shape index (κ3) is 6.49. The van der Waals surface area contributed by atoms with E-state index in [1.807, 2.05) is 12.1 Å². The first kappa shape index (κ1) is 27.8. The molecule has 0 aliphatic heterocycles. The predicted octanol–water partition coefficient (Wildman–Crippen LogP) is 4.04. The lowest BCUT2D eigenvalue weighted by Crippen LogP contribution is -2.17. The van der Waals surface area contributed by atoms with Gasteiger partial charge in [-0.3, -0.25) is 19.9 Å². The third-order valence-electron chi connectivity index (χ3n) is 5.74. The highest BCUT2D eigenvalue weighted by atomic mass is 16.6. The molecule has 0 amide bonds. The Kier molecular flexibility index (Phi) is 9.09. The predicted molar refractivity (Wildman–Crippen MR) is 138 cm³/mol. The summed E-state index contributed by atoms with van der Waals surface area (Å²) in [6, 6.07) is 12.9. The highest BCUT2D eigenvalue weighted by molar-refractivity contribution is 6.07. The lowest BCUT2D eigenvalue weighted by atomic mass is 9.92. The van der Waals surface area contributed by atoms with Crippen molar-refractivity contribution in [2.75, 3.05) is 32.7 Å². The average Bonchev–Trinajstić information content (AvgIpc) is 2.91. The first-order valence-electron chi connectivity index (χ1n) is 11.6. The zero-order valence-corrected chi connectivity index (χ0v) is 21.4. The van der Waals surface area contributed by atoms with Crippen LogP contribution >= 0.6 is 0 Å². The molecule has 0 fully saturated rings. The van der Waals surface area contributed by atoms with Crippen molar-refractivity contribution in [3.05, 3.63) is 86.7 Å². The lowest BCUT2D eigenvalue weighted by molar-refractivity contribution is -0.384. The second kappa shape index (κ2) is 12.4. The van der Waals surface area contributed by atoms with E-state index in [-0.39, 0.29) is 47.1 Å². The second-order valence-electron chi connectivity index (χ2n) is 8.22. The maximum absolute atomic E-state index is 13.3. The Hall–Kier alpha value is -4.80. The Balaban J connectivity index is 1.86. The highest BCUT2D eigenvalue weighted by Gasteiger charge is 2.28. The maximum atomic E-state index is 13.3. The van der Waals surface area contributed by atoms with Crippen LogP contribution in [0, 0.1) is 24.0 Å². The minimum absolute atomic E-state index is 0.0267. The molecular weight excluding hydrogens is 494 g/mol.